The monoisotopic (exact) mass is 266 g/mol. The van der Waals surface area contributed by atoms with E-state index in [1.54, 1.807) is 19.9 Å². The van der Waals surface area contributed by atoms with E-state index >= 15 is 0 Å². The SMILES string of the molecule is Cc1cc(N2CCCC2C(N)=O)c([C@@H](C)O)cc1F. The van der Waals surface area contributed by atoms with Gasteiger partial charge in [-0.1, -0.05) is 0 Å². The van der Waals surface area contributed by atoms with Crippen molar-refractivity contribution in [3.05, 3.63) is 29.1 Å². The largest absolute Gasteiger partial charge is 0.389 e. The van der Waals surface area contributed by atoms with Gasteiger partial charge in [0.2, 0.25) is 5.91 Å². The number of aliphatic hydroxyl groups excluding tert-OH is 1. The van der Waals surface area contributed by atoms with Crippen LogP contribution in [0.3, 0.4) is 0 Å². The number of aliphatic hydroxyl groups is 1. The Morgan fingerprint density at radius 3 is 2.84 bits per heavy atom. The molecule has 2 atom stereocenters. The average Bonchev–Trinajstić information content (AvgIpc) is 2.80. The van der Waals surface area contributed by atoms with E-state index in [-0.39, 0.29) is 17.8 Å². The van der Waals surface area contributed by atoms with Gasteiger partial charge in [0.25, 0.3) is 0 Å². The molecule has 1 aromatic carbocycles. The summed E-state index contributed by atoms with van der Waals surface area (Å²) in [6, 6.07) is 2.65. The van der Waals surface area contributed by atoms with Gasteiger partial charge in [0, 0.05) is 17.8 Å². The lowest BCUT2D eigenvalue weighted by atomic mass is 10.0. The Morgan fingerprint density at radius 2 is 2.26 bits per heavy atom. The van der Waals surface area contributed by atoms with Crippen molar-refractivity contribution in [2.75, 3.05) is 11.4 Å². The number of carbonyl (C=O) groups excluding carboxylic acids is 1. The lowest BCUT2D eigenvalue weighted by molar-refractivity contribution is -0.119. The Morgan fingerprint density at radius 1 is 1.58 bits per heavy atom. The molecule has 1 saturated heterocycles. The predicted octanol–water partition coefficient (Wildman–Crippen LogP) is 1.64. The Balaban J connectivity index is 2.48. The van der Waals surface area contributed by atoms with Crippen LogP contribution < -0.4 is 10.6 Å². The summed E-state index contributed by atoms with van der Waals surface area (Å²) in [5.74, 6) is -0.731. The molecule has 1 amide bonds. The number of nitrogens with two attached hydrogens (primary N) is 1. The zero-order valence-corrected chi connectivity index (χ0v) is 11.2. The topological polar surface area (TPSA) is 66.6 Å². The van der Waals surface area contributed by atoms with Crippen molar-refractivity contribution in [2.24, 2.45) is 5.73 Å². The van der Waals surface area contributed by atoms with Crippen LogP contribution in [-0.4, -0.2) is 23.6 Å². The van der Waals surface area contributed by atoms with E-state index in [0.29, 0.717) is 29.8 Å². The number of carbonyl (C=O) groups is 1. The number of aryl methyl sites for hydroxylation is 1. The maximum atomic E-state index is 13.6. The first-order valence-corrected chi connectivity index (χ1v) is 6.46. The maximum absolute atomic E-state index is 13.6. The van der Waals surface area contributed by atoms with Crippen LogP contribution in [0.2, 0.25) is 0 Å². The summed E-state index contributed by atoms with van der Waals surface area (Å²) in [6.07, 6.45) is 0.771. The van der Waals surface area contributed by atoms with E-state index < -0.39 is 6.10 Å². The second-order valence-corrected chi connectivity index (χ2v) is 5.09. The Hall–Kier alpha value is -1.62. The summed E-state index contributed by atoms with van der Waals surface area (Å²) in [6.45, 7) is 3.95. The van der Waals surface area contributed by atoms with Gasteiger partial charge in [0.05, 0.1) is 6.10 Å². The summed E-state index contributed by atoms with van der Waals surface area (Å²) in [5, 5.41) is 9.80. The lowest BCUT2D eigenvalue weighted by Gasteiger charge is -2.28. The van der Waals surface area contributed by atoms with Crippen molar-refractivity contribution in [1.82, 2.24) is 0 Å². The van der Waals surface area contributed by atoms with Gasteiger partial charge in [-0.05, 0) is 44.4 Å². The number of anilines is 1. The number of primary amides is 1. The lowest BCUT2D eigenvalue weighted by Crippen LogP contribution is -2.40. The zero-order valence-electron chi connectivity index (χ0n) is 11.2. The Bertz CT molecular complexity index is 502. The van der Waals surface area contributed by atoms with E-state index in [0.717, 1.165) is 6.42 Å². The molecule has 0 aromatic heterocycles. The second-order valence-electron chi connectivity index (χ2n) is 5.09. The number of rotatable bonds is 3. The molecule has 4 nitrogen and oxygen atoms in total. The highest BCUT2D eigenvalue weighted by Crippen LogP contribution is 2.33. The van der Waals surface area contributed by atoms with Crippen LogP contribution in [0.25, 0.3) is 0 Å². The fourth-order valence-corrected chi connectivity index (χ4v) is 2.62. The first kappa shape index (κ1) is 13.8. The quantitative estimate of drug-likeness (QED) is 0.874. The highest BCUT2D eigenvalue weighted by atomic mass is 19.1. The van der Waals surface area contributed by atoms with Crippen LogP contribution in [-0.2, 0) is 4.79 Å². The molecule has 19 heavy (non-hydrogen) atoms. The molecule has 0 saturated carbocycles. The highest BCUT2D eigenvalue weighted by Gasteiger charge is 2.31. The van der Waals surface area contributed by atoms with Crippen molar-refractivity contribution in [3.63, 3.8) is 0 Å². The van der Waals surface area contributed by atoms with Crippen LogP contribution in [0.5, 0.6) is 0 Å². The van der Waals surface area contributed by atoms with Crippen LogP contribution in [0.1, 0.15) is 37.0 Å². The molecule has 1 unspecified atom stereocenters. The Kier molecular flexibility index (Phi) is 3.75. The normalized spacial score (nSPS) is 20.6. The van der Waals surface area contributed by atoms with Gasteiger partial charge in [-0.25, -0.2) is 4.39 Å². The third-order valence-electron chi connectivity index (χ3n) is 3.65. The summed E-state index contributed by atoms with van der Waals surface area (Å²) in [5.41, 5.74) is 7.10. The minimum Gasteiger partial charge on any atom is -0.389 e. The summed E-state index contributed by atoms with van der Waals surface area (Å²) in [7, 11) is 0. The molecule has 2 rings (SSSR count). The van der Waals surface area contributed by atoms with Crippen molar-refractivity contribution in [1.29, 1.82) is 0 Å². The highest BCUT2D eigenvalue weighted by molar-refractivity contribution is 5.84. The fraction of sp³-hybridized carbons (Fsp3) is 0.500. The van der Waals surface area contributed by atoms with Gasteiger partial charge < -0.3 is 15.7 Å². The smallest absolute Gasteiger partial charge is 0.240 e. The molecule has 1 aromatic rings. The summed E-state index contributed by atoms with van der Waals surface area (Å²) in [4.78, 5) is 13.3. The minimum atomic E-state index is -0.792. The summed E-state index contributed by atoms with van der Waals surface area (Å²) < 4.78 is 13.6. The fourth-order valence-electron chi connectivity index (χ4n) is 2.62. The van der Waals surface area contributed by atoms with Gasteiger partial charge in [-0.2, -0.15) is 0 Å². The first-order chi connectivity index (χ1) is 8.91. The number of benzene rings is 1. The standard InChI is InChI=1S/C14H19FN2O2/c1-8-6-13(10(9(2)18)7-11(8)15)17-5-3-4-12(17)14(16)19/h6-7,9,12,18H,3-5H2,1-2H3,(H2,16,19)/t9-,12?/m1/s1. The number of hydrogen-bond acceptors (Lipinski definition) is 3. The molecule has 0 bridgehead atoms. The maximum Gasteiger partial charge on any atom is 0.240 e. The van der Waals surface area contributed by atoms with Crippen molar-refractivity contribution in [3.8, 4) is 0 Å². The number of amides is 1. The van der Waals surface area contributed by atoms with Crippen LogP contribution >= 0.6 is 0 Å². The first-order valence-electron chi connectivity index (χ1n) is 6.46. The molecule has 0 spiro atoms. The molecule has 1 fully saturated rings. The minimum absolute atomic E-state index is 0.352. The van der Waals surface area contributed by atoms with Crippen molar-refractivity contribution in [2.45, 2.75) is 38.8 Å². The van der Waals surface area contributed by atoms with E-state index in [1.807, 2.05) is 4.90 Å². The average molecular weight is 266 g/mol. The molecule has 1 heterocycles. The zero-order chi connectivity index (χ0) is 14.2. The van der Waals surface area contributed by atoms with Gasteiger partial charge in [0.15, 0.2) is 0 Å². The second kappa shape index (κ2) is 5.17. The van der Waals surface area contributed by atoms with E-state index in [1.165, 1.54) is 6.07 Å². The molecule has 1 aliphatic rings. The number of nitrogens with zero attached hydrogens (tertiary/aromatic N) is 1. The molecular formula is C14H19FN2O2. The van der Waals surface area contributed by atoms with Crippen LogP contribution in [0.15, 0.2) is 12.1 Å². The van der Waals surface area contributed by atoms with E-state index in [2.05, 4.69) is 0 Å². The van der Waals surface area contributed by atoms with Gasteiger partial charge >= 0.3 is 0 Å². The van der Waals surface area contributed by atoms with Gasteiger partial charge in [-0.3, -0.25) is 4.79 Å². The van der Waals surface area contributed by atoms with Crippen molar-refractivity contribution >= 4 is 11.6 Å². The third kappa shape index (κ3) is 2.56. The van der Waals surface area contributed by atoms with E-state index in [4.69, 9.17) is 5.73 Å². The molecule has 5 heteroatoms. The number of halogens is 1. The van der Waals surface area contributed by atoms with Crippen LogP contribution in [0.4, 0.5) is 10.1 Å². The molecule has 0 radical (unpaired) electrons. The predicted molar refractivity (Wildman–Crippen MR) is 71.3 cm³/mol. The van der Waals surface area contributed by atoms with Gasteiger partial charge in [-0.15, -0.1) is 0 Å². The summed E-state index contributed by atoms with van der Waals surface area (Å²) >= 11 is 0. The molecule has 3 N–H and O–H groups in total. The molecule has 0 aliphatic carbocycles. The molecular weight excluding hydrogens is 247 g/mol. The number of hydrogen-bond donors (Lipinski definition) is 2. The molecule has 104 valence electrons. The van der Waals surface area contributed by atoms with Crippen LogP contribution in [0, 0.1) is 12.7 Å². The van der Waals surface area contributed by atoms with Gasteiger partial charge in [0.1, 0.15) is 11.9 Å². The van der Waals surface area contributed by atoms with Crippen molar-refractivity contribution < 1.29 is 14.3 Å². The Labute approximate surface area is 112 Å². The van der Waals surface area contributed by atoms with E-state index in [9.17, 15) is 14.3 Å². The third-order valence-corrected chi connectivity index (χ3v) is 3.65. The molecule has 1 aliphatic heterocycles.